The Bertz CT molecular complexity index is 1100. The van der Waals surface area contributed by atoms with Gasteiger partial charge in [-0.05, 0) is 37.4 Å². The van der Waals surface area contributed by atoms with Gasteiger partial charge in [-0.1, -0.05) is 24.6 Å². The number of hydrogen-bond acceptors (Lipinski definition) is 7. The average molecular weight is 519 g/mol. The van der Waals surface area contributed by atoms with E-state index in [2.05, 4.69) is 20.9 Å². The maximum atomic E-state index is 13.0. The SMILES string of the molecule is NCCCCC(N)C(=O)NCC(=O)NC(Cc1c[nH]c2ccccc12)C(=O)NC(CCC(=O)O)C(=O)O. The number of amides is 3. The molecule has 1 aromatic heterocycles. The first-order chi connectivity index (χ1) is 17.6. The predicted molar refractivity (Wildman–Crippen MR) is 134 cm³/mol. The number of carbonyl (C=O) groups excluding carboxylic acids is 3. The number of aromatic amines is 1. The van der Waals surface area contributed by atoms with Crippen molar-refractivity contribution in [3.63, 3.8) is 0 Å². The van der Waals surface area contributed by atoms with Crippen molar-refractivity contribution in [1.82, 2.24) is 20.9 Å². The molecule has 13 heteroatoms. The first-order valence-corrected chi connectivity index (χ1v) is 11.9. The minimum Gasteiger partial charge on any atom is -0.481 e. The van der Waals surface area contributed by atoms with Gasteiger partial charge in [0.1, 0.15) is 12.1 Å². The van der Waals surface area contributed by atoms with E-state index in [1.807, 2.05) is 24.3 Å². The summed E-state index contributed by atoms with van der Waals surface area (Å²) in [7, 11) is 0. The molecule has 0 fully saturated rings. The van der Waals surface area contributed by atoms with Gasteiger partial charge in [-0.15, -0.1) is 0 Å². The molecule has 0 saturated heterocycles. The zero-order valence-corrected chi connectivity index (χ0v) is 20.4. The first-order valence-electron chi connectivity index (χ1n) is 11.9. The van der Waals surface area contributed by atoms with Crippen molar-refractivity contribution in [2.45, 2.75) is 56.7 Å². The molecule has 0 spiro atoms. The van der Waals surface area contributed by atoms with Crippen molar-refractivity contribution < 1.29 is 34.2 Å². The number of nitrogens with two attached hydrogens (primary N) is 2. The molecule has 0 bridgehead atoms. The zero-order valence-electron chi connectivity index (χ0n) is 20.4. The lowest BCUT2D eigenvalue weighted by Gasteiger charge is -2.21. The van der Waals surface area contributed by atoms with Gasteiger partial charge in [-0.2, -0.15) is 0 Å². The molecule has 13 nitrogen and oxygen atoms in total. The Labute approximate surface area is 213 Å². The summed E-state index contributed by atoms with van der Waals surface area (Å²) in [6, 6.07) is 3.84. The topological polar surface area (TPSA) is 230 Å². The summed E-state index contributed by atoms with van der Waals surface area (Å²) in [5.41, 5.74) is 12.8. The van der Waals surface area contributed by atoms with Gasteiger partial charge in [0.05, 0.1) is 12.6 Å². The van der Waals surface area contributed by atoms with Crippen molar-refractivity contribution in [2.75, 3.05) is 13.1 Å². The Hall–Kier alpha value is -3.97. The van der Waals surface area contributed by atoms with Crippen molar-refractivity contribution in [2.24, 2.45) is 11.5 Å². The van der Waals surface area contributed by atoms with Crippen LogP contribution in [0.1, 0.15) is 37.7 Å². The summed E-state index contributed by atoms with van der Waals surface area (Å²) in [6.07, 6.45) is 2.68. The second-order valence-corrected chi connectivity index (χ2v) is 8.62. The summed E-state index contributed by atoms with van der Waals surface area (Å²) in [4.78, 5) is 63.3. The first kappa shape index (κ1) is 29.3. The number of para-hydroxylation sites is 1. The van der Waals surface area contributed by atoms with Crippen LogP contribution in [0.15, 0.2) is 30.5 Å². The second-order valence-electron chi connectivity index (χ2n) is 8.62. The number of unbranched alkanes of at least 4 members (excludes halogenated alkanes) is 1. The fourth-order valence-corrected chi connectivity index (χ4v) is 3.71. The zero-order chi connectivity index (χ0) is 27.4. The fourth-order valence-electron chi connectivity index (χ4n) is 3.71. The van der Waals surface area contributed by atoms with Gasteiger partial charge in [0.25, 0.3) is 0 Å². The molecule has 2 rings (SSSR count). The van der Waals surface area contributed by atoms with E-state index in [4.69, 9.17) is 16.6 Å². The van der Waals surface area contributed by atoms with E-state index in [-0.39, 0.29) is 12.8 Å². The number of benzene rings is 1. The quantitative estimate of drug-likeness (QED) is 0.130. The molecule has 1 heterocycles. The fraction of sp³-hybridized carbons (Fsp3) is 0.458. The largest absolute Gasteiger partial charge is 0.481 e. The van der Waals surface area contributed by atoms with E-state index in [9.17, 15) is 29.1 Å². The van der Waals surface area contributed by atoms with E-state index in [0.29, 0.717) is 24.9 Å². The molecule has 3 unspecified atom stereocenters. The summed E-state index contributed by atoms with van der Waals surface area (Å²) >= 11 is 0. The van der Waals surface area contributed by atoms with Gasteiger partial charge in [0.2, 0.25) is 17.7 Å². The van der Waals surface area contributed by atoms with Crippen molar-refractivity contribution in [3.05, 3.63) is 36.0 Å². The molecule has 1 aromatic carbocycles. The Morgan fingerprint density at radius 2 is 1.68 bits per heavy atom. The lowest BCUT2D eigenvalue weighted by Crippen LogP contribution is -2.54. The number of carboxylic acid groups (broad SMARTS) is 2. The molecule has 0 saturated carbocycles. The van der Waals surface area contributed by atoms with Crippen LogP contribution in [0.25, 0.3) is 10.9 Å². The lowest BCUT2D eigenvalue weighted by molar-refractivity contribution is -0.143. The highest BCUT2D eigenvalue weighted by molar-refractivity contribution is 5.93. The Morgan fingerprint density at radius 1 is 0.946 bits per heavy atom. The Kier molecular flexibility index (Phi) is 11.5. The minimum absolute atomic E-state index is 0.0133. The number of aliphatic carboxylic acids is 2. The molecule has 0 aliphatic rings. The second kappa shape index (κ2) is 14.6. The highest BCUT2D eigenvalue weighted by Gasteiger charge is 2.28. The van der Waals surface area contributed by atoms with Crippen LogP contribution in [0.3, 0.4) is 0 Å². The Balaban J connectivity index is 2.10. The third kappa shape index (κ3) is 9.54. The minimum atomic E-state index is -1.46. The van der Waals surface area contributed by atoms with Crippen LogP contribution in [-0.2, 0) is 30.4 Å². The van der Waals surface area contributed by atoms with Crippen molar-refractivity contribution >= 4 is 40.6 Å². The van der Waals surface area contributed by atoms with E-state index >= 15 is 0 Å². The summed E-state index contributed by atoms with van der Waals surface area (Å²) in [6.45, 7) is 0.0398. The molecular formula is C24H34N6O7. The summed E-state index contributed by atoms with van der Waals surface area (Å²) < 4.78 is 0. The number of hydrogen-bond donors (Lipinski definition) is 8. The third-order valence-corrected chi connectivity index (χ3v) is 5.74. The third-order valence-electron chi connectivity index (χ3n) is 5.74. The monoisotopic (exact) mass is 518 g/mol. The van der Waals surface area contributed by atoms with E-state index in [1.165, 1.54) is 0 Å². The van der Waals surface area contributed by atoms with Crippen LogP contribution in [0.5, 0.6) is 0 Å². The van der Waals surface area contributed by atoms with E-state index in [0.717, 1.165) is 17.3 Å². The number of nitrogens with one attached hydrogen (secondary N) is 4. The summed E-state index contributed by atoms with van der Waals surface area (Å²) in [5, 5.41) is 26.3. The van der Waals surface area contributed by atoms with Crippen LogP contribution < -0.4 is 27.4 Å². The van der Waals surface area contributed by atoms with Gasteiger partial charge in [-0.25, -0.2) is 4.79 Å². The van der Waals surface area contributed by atoms with Crippen LogP contribution in [0.2, 0.25) is 0 Å². The predicted octanol–water partition coefficient (Wildman–Crippen LogP) is -0.798. The lowest BCUT2D eigenvalue weighted by atomic mass is 10.0. The van der Waals surface area contributed by atoms with Gasteiger partial charge in [-0.3, -0.25) is 19.2 Å². The molecule has 0 aliphatic heterocycles. The smallest absolute Gasteiger partial charge is 0.326 e. The van der Waals surface area contributed by atoms with Crippen molar-refractivity contribution in [1.29, 1.82) is 0 Å². The van der Waals surface area contributed by atoms with Gasteiger partial charge in [0.15, 0.2) is 0 Å². The maximum Gasteiger partial charge on any atom is 0.326 e. The van der Waals surface area contributed by atoms with Crippen LogP contribution in [0, 0.1) is 0 Å². The molecule has 0 radical (unpaired) electrons. The Morgan fingerprint density at radius 3 is 2.35 bits per heavy atom. The van der Waals surface area contributed by atoms with Crippen molar-refractivity contribution in [3.8, 4) is 0 Å². The molecule has 0 aliphatic carbocycles. The van der Waals surface area contributed by atoms with Crippen LogP contribution in [0.4, 0.5) is 0 Å². The number of carboxylic acids is 2. The number of carbonyl (C=O) groups is 5. The summed E-state index contributed by atoms with van der Waals surface area (Å²) in [5.74, 6) is -4.62. The van der Waals surface area contributed by atoms with Gasteiger partial charge < -0.3 is 42.6 Å². The van der Waals surface area contributed by atoms with Crippen LogP contribution in [-0.4, -0.2) is 76.1 Å². The number of aromatic nitrogens is 1. The maximum absolute atomic E-state index is 13.0. The number of H-pyrrole nitrogens is 1. The molecule has 3 atom stereocenters. The molecule has 202 valence electrons. The van der Waals surface area contributed by atoms with Crippen LogP contribution >= 0.6 is 0 Å². The van der Waals surface area contributed by atoms with Gasteiger partial charge >= 0.3 is 11.9 Å². The van der Waals surface area contributed by atoms with Gasteiger partial charge in [0, 0.05) is 29.9 Å². The standard InChI is InChI=1S/C24H34N6O7/c25-10-4-3-6-16(26)22(34)28-13-20(31)29-19(11-14-12-27-17-7-2-1-5-15(14)17)23(35)30-18(24(36)37)8-9-21(32)33/h1-2,5,7,12,16,18-19,27H,3-4,6,8-11,13,25-26H2,(H,28,34)(H,29,31)(H,30,35)(H,32,33)(H,36,37). The van der Waals surface area contributed by atoms with E-state index in [1.54, 1.807) is 6.20 Å². The highest BCUT2D eigenvalue weighted by Crippen LogP contribution is 2.19. The number of rotatable bonds is 16. The van der Waals surface area contributed by atoms with E-state index < -0.39 is 60.8 Å². The number of fused-ring (bicyclic) bond motifs is 1. The average Bonchev–Trinajstić information content (AvgIpc) is 3.27. The molecule has 3 amide bonds. The normalized spacial score (nSPS) is 13.4. The molecular weight excluding hydrogens is 484 g/mol. The molecule has 37 heavy (non-hydrogen) atoms. The molecule has 2 aromatic rings. The highest BCUT2D eigenvalue weighted by atomic mass is 16.4. The molecule has 10 N–H and O–H groups in total.